The van der Waals surface area contributed by atoms with Crippen LogP contribution in [0, 0.1) is 5.92 Å². The van der Waals surface area contributed by atoms with Gasteiger partial charge in [-0.15, -0.1) is 0 Å². The van der Waals surface area contributed by atoms with Gasteiger partial charge in [-0.3, -0.25) is 4.79 Å². The van der Waals surface area contributed by atoms with E-state index in [0.29, 0.717) is 12.5 Å². The van der Waals surface area contributed by atoms with Gasteiger partial charge < -0.3 is 5.32 Å². The summed E-state index contributed by atoms with van der Waals surface area (Å²) in [7, 11) is 0. The number of nitrogens with one attached hydrogen (secondary N) is 1. The van der Waals surface area contributed by atoms with E-state index in [0.717, 1.165) is 18.8 Å². The molecule has 2 heteroatoms. The van der Waals surface area contributed by atoms with Crippen molar-refractivity contribution >= 4 is 5.91 Å². The maximum absolute atomic E-state index is 12.2. The summed E-state index contributed by atoms with van der Waals surface area (Å²) in [6.07, 6.45) is 10.4. The number of fused-ring (bicyclic) bond motifs is 1. The molecule has 0 heterocycles. The highest BCUT2D eigenvalue weighted by Crippen LogP contribution is 2.26. The molecular weight excluding hydrogens is 258 g/mol. The fraction of sp³-hybridized carbons (Fsp3) is 0.632. The summed E-state index contributed by atoms with van der Waals surface area (Å²) in [4.78, 5) is 12.2. The Kier molecular flexibility index (Phi) is 4.62. The molecule has 1 saturated carbocycles. The first-order valence-electron chi connectivity index (χ1n) is 8.64. The number of carbonyl (C=O) groups is 1. The van der Waals surface area contributed by atoms with E-state index in [1.165, 1.54) is 55.2 Å². The molecule has 0 spiro atoms. The maximum atomic E-state index is 12.2. The van der Waals surface area contributed by atoms with Crippen LogP contribution >= 0.6 is 0 Å². The third-order valence-corrected chi connectivity index (χ3v) is 5.32. The molecule has 2 aliphatic rings. The van der Waals surface area contributed by atoms with Crippen LogP contribution in [0.2, 0.25) is 0 Å². The largest absolute Gasteiger partial charge is 0.353 e. The Morgan fingerprint density at radius 2 is 1.90 bits per heavy atom. The summed E-state index contributed by atoms with van der Waals surface area (Å²) < 4.78 is 0. The monoisotopic (exact) mass is 285 g/mol. The third kappa shape index (κ3) is 3.66. The average Bonchev–Trinajstić information content (AvgIpc) is 2.95. The minimum absolute atomic E-state index is 0.202. The second-order valence-corrected chi connectivity index (χ2v) is 6.83. The minimum Gasteiger partial charge on any atom is -0.353 e. The van der Waals surface area contributed by atoms with Crippen LogP contribution in [0.3, 0.4) is 0 Å². The Morgan fingerprint density at radius 1 is 1.14 bits per heavy atom. The van der Waals surface area contributed by atoms with Gasteiger partial charge in [-0.25, -0.2) is 0 Å². The van der Waals surface area contributed by atoms with Crippen molar-refractivity contribution in [1.29, 1.82) is 0 Å². The highest BCUT2D eigenvalue weighted by molar-refractivity contribution is 5.79. The highest BCUT2D eigenvalue weighted by atomic mass is 16.1. The molecule has 0 unspecified atom stereocenters. The molecule has 21 heavy (non-hydrogen) atoms. The van der Waals surface area contributed by atoms with Crippen molar-refractivity contribution < 1.29 is 4.79 Å². The van der Waals surface area contributed by atoms with Gasteiger partial charge in [0.15, 0.2) is 0 Å². The van der Waals surface area contributed by atoms with Crippen molar-refractivity contribution in [2.24, 2.45) is 5.92 Å². The molecule has 1 aromatic rings. The van der Waals surface area contributed by atoms with Gasteiger partial charge in [0.25, 0.3) is 0 Å². The quantitative estimate of drug-likeness (QED) is 0.895. The number of hydrogen-bond acceptors (Lipinski definition) is 1. The van der Waals surface area contributed by atoms with E-state index in [1.807, 2.05) is 0 Å². The molecule has 0 saturated heterocycles. The van der Waals surface area contributed by atoms with Crippen LogP contribution in [0.1, 0.15) is 62.1 Å². The molecule has 0 aromatic heterocycles. The summed E-state index contributed by atoms with van der Waals surface area (Å²) in [6, 6.07) is 7.01. The Bertz CT molecular complexity index is 500. The van der Waals surface area contributed by atoms with Gasteiger partial charge in [0.05, 0.1) is 6.42 Å². The first-order chi connectivity index (χ1) is 10.2. The number of aryl methyl sites for hydroxylation is 2. The molecule has 0 radical (unpaired) electrons. The van der Waals surface area contributed by atoms with E-state index in [-0.39, 0.29) is 5.91 Å². The molecule has 0 bridgehead atoms. The molecule has 2 nitrogen and oxygen atoms in total. The lowest BCUT2D eigenvalue weighted by molar-refractivity contribution is -0.121. The highest BCUT2D eigenvalue weighted by Gasteiger charge is 2.21. The number of benzene rings is 1. The molecule has 1 N–H and O–H groups in total. The van der Waals surface area contributed by atoms with E-state index in [2.05, 4.69) is 30.4 Å². The zero-order chi connectivity index (χ0) is 14.7. The topological polar surface area (TPSA) is 29.1 Å². The van der Waals surface area contributed by atoms with Gasteiger partial charge in [-0.05, 0) is 67.6 Å². The molecule has 1 amide bonds. The van der Waals surface area contributed by atoms with Crippen LogP contribution in [0.25, 0.3) is 0 Å². The first kappa shape index (κ1) is 14.6. The molecular formula is C19H27NO. The standard InChI is InChI=1S/C19H27NO/c1-2-14-7-10-18(11-8-14)20-19(21)13-15-6-9-16-4-3-5-17(16)12-15/h6,9,12,14,18H,2-5,7-8,10-11,13H2,1H3,(H,20,21). The number of amides is 1. The minimum atomic E-state index is 0.202. The third-order valence-electron chi connectivity index (χ3n) is 5.32. The van der Waals surface area contributed by atoms with Gasteiger partial charge >= 0.3 is 0 Å². The van der Waals surface area contributed by atoms with Crippen molar-refractivity contribution in [2.45, 2.75) is 70.8 Å². The lowest BCUT2D eigenvalue weighted by Gasteiger charge is -2.28. The van der Waals surface area contributed by atoms with E-state index in [4.69, 9.17) is 0 Å². The Balaban J connectivity index is 1.50. The second kappa shape index (κ2) is 6.64. The van der Waals surface area contributed by atoms with Gasteiger partial charge in [0.2, 0.25) is 5.91 Å². The lowest BCUT2D eigenvalue weighted by Crippen LogP contribution is -2.38. The molecule has 1 aromatic carbocycles. The predicted octanol–water partition coefficient (Wildman–Crippen LogP) is 3.80. The van der Waals surface area contributed by atoms with Crippen LogP contribution in [-0.2, 0) is 24.1 Å². The predicted molar refractivity (Wildman–Crippen MR) is 86.4 cm³/mol. The van der Waals surface area contributed by atoms with Gasteiger partial charge in [0, 0.05) is 6.04 Å². The number of hydrogen-bond donors (Lipinski definition) is 1. The first-order valence-corrected chi connectivity index (χ1v) is 8.64. The molecule has 0 atom stereocenters. The maximum Gasteiger partial charge on any atom is 0.224 e. The Labute approximate surface area is 128 Å². The zero-order valence-corrected chi connectivity index (χ0v) is 13.2. The normalized spacial score (nSPS) is 24.6. The lowest BCUT2D eigenvalue weighted by atomic mass is 9.84. The number of rotatable bonds is 4. The second-order valence-electron chi connectivity index (χ2n) is 6.83. The van der Waals surface area contributed by atoms with Gasteiger partial charge in [0.1, 0.15) is 0 Å². The van der Waals surface area contributed by atoms with Crippen molar-refractivity contribution in [3.63, 3.8) is 0 Å². The Morgan fingerprint density at radius 3 is 2.67 bits per heavy atom. The van der Waals surface area contributed by atoms with Gasteiger partial charge in [-0.1, -0.05) is 31.5 Å². The SMILES string of the molecule is CCC1CCC(NC(=O)Cc2ccc3c(c2)CCC3)CC1. The van der Waals surface area contributed by atoms with Crippen molar-refractivity contribution in [3.8, 4) is 0 Å². The molecule has 1 fully saturated rings. The molecule has 0 aliphatic heterocycles. The summed E-state index contributed by atoms with van der Waals surface area (Å²) in [5.74, 6) is 1.09. The van der Waals surface area contributed by atoms with Crippen LogP contribution < -0.4 is 5.32 Å². The van der Waals surface area contributed by atoms with E-state index in [1.54, 1.807) is 0 Å². The van der Waals surface area contributed by atoms with Crippen molar-refractivity contribution in [1.82, 2.24) is 5.32 Å². The van der Waals surface area contributed by atoms with Crippen molar-refractivity contribution in [3.05, 3.63) is 34.9 Å². The molecule has 3 rings (SSSR count). The van der Waals surface area contributed by atoms with Crippen LogP contribution in [0.5, 0.6) is 0 Å². The van der Waals surface area contributed by atoms with Gasteiger partial charge in [-0.2, -0.15) is 0 Å². The van der Waals surface area contributed by atoms with Crippen LogP contribution in [0.4, 0.5) is 0 Å². The fourth-order valence-corrected chi connectivity index (χ4v) is 3.91. The smallest absolute Gasteiger partial charge is 0.224 e. The Hall–Kier alpha value is -1.31. The average molecular weight is 285 g/mol. The van der Waals surface area contributed by atoms with E-state index >= 15 is 0 Å². The zero-order valence-electron chi connectivity index (χ0n) is 13.2. The summed E-state index contributed by atoms with van der Waals surface area (Å²) in [5.41, 5.74) is 4.12. The summed E-state index contributed by atoms with van der Waals surface area (Å²) in [5, 5.41) is 3.24. The van der Waals surface area contributed by atoms with Crippen LogP contribution in [0.15, 0.2) is 18.2 Å². The van der Waals surface area contributed by atoms with Crippen molar-refractivity contribution in [2.75, 3.05) is 0 Å². The fourth-order valence-electron chi connectivity index (χ4n) is 3.91. The summed E-state index contributed by atoms with van der Waals surface area (Å²) in [6.45, 7) is 2.28. The van der Waals surface area contributed by atoms with E-state index < -0.39 is 0 Å². The number of carbonyl (C=O) groups excluding carboxylic acids is 1. The molecule has 114 valence electrons. The molecule has 2 aliphatic carbocycles. The summed E-state index contributed by atoms with van der Waals surface area (Å²) >= 11 is 0. The van der Waals surface area contributed by atoms with E-state index in [9.17, 15) is 4.79 Å². The van der Waals surface area contributed by atoms with Crippen LogP contribution in [-0.4, -0.2) is 11.9 Å².